The van der Waals surface area contributed by atoms with Gasteiger partial charge in [-0.15, -0.1) is 0 Å². The minimum Gasteiger partial charge on any atom is -0.497 e. The number of nitrogens with zero attached hydrogens (tertiary/aromatic N) is 2. The van der Waals surface area contributed by atoms with Gasteiger partial charge in [0.05, 0.1) is 19.8 Å². The van der Waals surface area contributed by atoms with Crippen molar-refractivity contribution in [2.24, 2.45) is 7.05 Å². The second-order valence-electron chi connectivity index (χ2n) is 7.21. The Balaban J connectivity index is 1.75. The van der Waals surface area contributed by atoms with Crippen LogP contribution in [0.1, 0.15) is 29.0 Å². The van der Waals surface area contributed by atoms with Gasteiger partial charge in [-0.1, -0.05) is 48.2 Å². The van der Waals surface area contributed by atoms with Gasteiger partial charge in [-0.3, -0.25) is 9.59 Å². The molecule has 2 heterocycles. The summed E-state index contributed by atoms with van der Waals surface area (Å²) >= 11 is 1.46. The Morgan fingerprint density at radius 1 is 1.13 bits per heavy atom. The fourth-order valence-corrected chi connectivity index (χ4v) is 4.68. The topological polar surface area (TPSA) is 82.5 Å². The third-order valence-electron chi connectivity index (χ3n) is 5.33. The van der Waals surface area contributed by atoms with Gasteiger partial charge in [-0.25, -0.2) is 0 Å². The molecule has 160 valence electrons. The van der Waals surface area contributed by atoms with E-state index in [0.717, 1.165) is 11.1 Å². The predicted molar refractivity (Wildman–Crippen MR) is 120 cm³/mol. The standard InChI is InChI=1S/C23H23N3O4S/c1-26-21-20(22(28)25-23(26)31-13-14-7-5-4-6-8-14)17(12-19(27)24-21)16-10-9-15(29-2)11-18(16)30-3/h4-11,17H,12-13H2,1-3H3,(H,24,27)/t17-/m1/s1. The number of aromatic nitrogens is 2. The quantitative estimate of drug-likeness (QED) is 0.469. The molecule has 8 heteroatoms. The van der Waals surface area contributed by atoms with Crippen molar-refractivity contribution in [3.05, 3.63) is 75.6 Å². The maximum absolute atomic E-state index is 13.1. The molecule has 0 saturated carbocycles. The van der Waals surface area contributed by atoms with Gasteiger partial charge in [-0.05, 0) is 11.6 Å². The molecular formula is C23H23N3O4S. The highest BCUT2D eigenvalue weighted by molar-refractivity contribution is 7.98. The molecule has 4 rings (SSSR count). The first-order valence-electron chi connectivity index (χ1n) is 9.81. The lowest BCUT2D eigenvalue weighted by molar-refractivity contribution is -0.116. The lowest BCUT2D eigenvalue weighted by Crippen LogP contribution is -2.33. The van der Waals surface area contributed by atoms with E-state index in [9.17, 15) is 9.59 Å². The number of anilines is 1. The molecule has 0 spiro atoms. The Kier molecular flexibility index (Phi) is 5.99. The minimum absolute atomic E-state index is 0.142. The van der Waals surface area contributed by atoms with E-state index in [-0.39, 0.29) is 17.9 Å². The zero-order valence-electron chi connectivity index (χ0n) is 17.5. The molecular weight excluding hydrogens is 414 g/mol. The second kappa shape index (κ2) is 8.85. The Morgan fingerprint density at radius 3 is 2.61 bits per heavy atom. The SMILES string of the molecule is COc1ccc([C@H]2CC(=O)Nc3c2c(=O)nc(SCc2ccccc2)n3C)c(OC)c1. The van der Waals surface area contributed by atoms with Crippen LogP contribution in [-0.4, -0.2) is 29.7 Å². The monoisotopic (exact) mass is 437 g/mol. The largest absolute Gasteiger partial charge is 0.497 e. The lowest BCUT2D eigenvalue weighted by atomic mass is 9.86. The van der Waals surface area contributed by atoms with Crippen molar-refractivity contribution in [3.8, 4) is 11.5 Å². The van der Waals surface area contributed by atoms with Crippen molar-refractivity contribution in [2.75, 3.05) is 19.5 Å². The number of ether oxygens (including phenoxy) is 2. The van der Waals surface area contributed by atoms with Crippen LogP contribution in [0.2, 0.25) is 0 Å². The van der Waals surface area contributed by atoms with Crippen molar-refractivity contribution < 1.29 is 14.3 Å². The van der Waals surface area contributed by atoms with Gasteiger partial charge in [0, 0.05) is 36.8 Å². The number of hydrogen-bond acceptors (Lipinski definition) is 6. The van der Waals surface area contributed by atoms with Crippen LogP contribution >= 0.6 is 11.8 Å². The van der Waals surface area contributed by atoms with Crippen molar-refractivity contribution in [1.82, 2.24) is 9.55 Å². The zero-order valence-corrected chi connectivity index (χ0v) is 18.4. The molecule has 0 fully saturated rings. The highest BCUT2D eigenvalue weighted by Crippen LogP contribution is 2.40. The van der Waals surface area contributed by atoms with Crippen molar-refractivity contribution >= 4 is 23.5 Å². The molecule has 1 aromatic heterocycles. The number of carbonyl (C=O) groups is 1. The summed E-state index contributed by atoms with van der Waals surface area (Å²) < 4.78 is 12.6. The summed E-state index contributed by atoms with van der Waals surface area (Å²) in [6.45, 7) is 0. The van der Waals surface area contributed by atoms with Crippen molar-refractivity contribution in [3.63, 3.8) is 0 Å². The van der Waals surface area contributed by atoms with E-state index in [1.54, 1.807) is 30.9 Å². The number of nitrogens with one attached hydrogen (secondary N) is 1. The smallest absolute Gasteiger partial charge is 0.279 e. The van der Waals surface area contributed by atoms with E-state index in [2.05, 4.69) is 10.3 Å². The average Bonchev–Trinajstić information content (AvgIpc) is 2.80. The summed E-state index contributed by atoms with van der Waals surface area (Å²) in [5.41, 5.74) is 2.01. The highest BCUT2D eigenvalue weighted by atomic mass is 32.2. The number of carbonyl (C=O) groups excluding carboxylic acids is 1. The Labute approximate surface area is 184 Å². The summed E-state index contributed by atoms with van der Waals surface area (Å²) in [6.07, 6.45) is 0.142. The first-order chi connectivity index (χ1) is 15.0. The Bertz CT molecular complexity index is 1180. The molecule has 0 bridgehead atoms. The van der Waals surface area contributed by atoms with Gasteiger partial charge >= 0.3 is 0 Å². The minimum atomic E-state index is -0.455. The molecule has 0 saturated heterocycles. The van der Waals surface area contributed by atoms with Crippen LogP contribution in [0.5, 0.6) is 11.5 Å². The predicted octanol–water partition coefficient (Wildman–Crippen LogP) is 3.56. The number of amides is 1. The third-order valence-corrected chi connectivity index (χ3v) is 6.43. The van der Waals surface area contributed by atoms with Crippen molar-refractivity contribution in [2.45, 2.75) is 23.2 Å². The molecule has 1 N–H and O–H groups in total. The molecule has 1 aliphatic rings. The van der Waals surface area contributed by atoms with E-state index >= 15 is 0 Å². The van der Waals surface area contributed by atoms with E-state index in [0.29, 0.717) is 33.8 Å². The molecule has 1 atom stereocenters. The first kappa shape index (κ1) is 21.0. The summed E-state index contributed by atoms with van der Waals surface area (Å²) in [5, 5.41) is 3.42. The first-order valence-corrected chi connectivity index (χ1v) is 10.8. The normalized spacial score (nSPS) is 15.2. The molecule has 1 amide bonds. The highest BCUT2D eigenvalue weighted by Gasteiger charge is 2.33. The van der Waals surface area contributed by atoms with Crippen LogP contribution in [-0.2, 0) is 17.6 Å². The molecule has 0 aliphatic carbocycles. The van der Waals surface area contributed by atoms with E-state index in [1.807, 2.05) is 43.4 Å². The molecule has 2 aromatic carbocycles. The summed E-state index contributed by atoms with van der Waals surface area (Å²) in [5.74, 6) is 1.74. The van der Waals surface area contributed by atoms with Crippen LogP contribution in [0.15, 0.2) is 58.5 Å². The van der Waals surface area contributed by atoms with Crippen LogP contribution in [0, 0.1) is 0 Å². The average molecular weight is 438 g/mol. The van der Waals surface area contributed by atoms with Crippen LogP contribution < -0.4 is 20.3 Å². The van der Waals surface area contributed by atoms with Crippen LogP contribution in [0.4, 0.5) is 5.82 Å². The molecule has 7 nitrogen and oxygen atoms in total. The van der Waals surface area contributed by atoms with E-state index < -0.39 is 5.92 Å². The molecule has 3 aromatic rings. The number of methoxy groups -OCH3 is 2. The molecule has 1 aliphatic heterocycles. The number of thioether (sulfide) groups is 1. The zero-order chi connectivity index (χ0) is 22.0. The van der Waals surface area contributed by atoms with Gasteiger partial charge in [0.25, 0.3) is 5.56 Å². The maximum Gasteiger partial charge on any atom is 0.279 e. The lowest BCUT2D eigenvalue weighted by Gasteiger charge is -2.28. The van der Waals surface area contributed by atoms with Crippen LogP contribution in [0.25, 0.3) is 0 Å². The summed E-state index contributed by atoms with van der Waals surface area (Å²) in [7, 11) is 4.94. The number of fused-ring (bicyclic) bond motifs is 1. The molecule has 0 radical (unpaired) electrons. The Hall–Kier alpha value is -3.26. The molecule has 31 heavy (non-hydrogen) atoms. The fourth-order valence-electron chi connectivity index (χ4n) is 3.76. The van der Waals surface area contributed by atoms with Gasteiger partial charge in [0.1, 0.15) is 17.3 Å². The summed E-state index contributed by atoms with van der Waals surface area (Å²) in [4.78, 5) is 30.0. The Morgan fingerprint density at radius 2 is 1.90 bits per heavy atom. The van der Waals surface area contributed by atoms with Gasteiger partial charge < -0.3 is 19.4 Å². The second-order valence-corrected chi connectivity index (χ2v) is 8.15. The van der Waals surface area contributed by atoms with Gasteiger partial charge in [0.2, 0.25) is 5.91 Å². The third kappa shape index (κ3) is 4.16. The van der Waals surface area contributed by atoms with Gasteiger partial charge in [0.15, 0.2) is 5.16 Å². The number of benzene rings is 2. The molecule has 0 unspecified atom stereocenters. The number of hydrogen-bond donors (Lipinski definition) is 1. The fraction of sp³-hybridized carbons (Fsp3) is 0.261. The van der Waals surface area contributed by atoms with E-state index in [1.165, 1.54) is 11.8 Å². The van der Waals surface area contributed by atoms with E-state index in [4.69, 9.17) is 9.47 Å². The van der Waals surface area contributed by atoms with Gasteiger partial charge in [-0.2, -0.15) is 4.98 Å². The van der Waals surface area contributed by atoms with Crippen LogP contribution in [0.3, 0.4) is 0 Å². The number of rotatable bonds is 6. The van der Waals surface area contributed by atoms with Crippen molar-refractivity contribution in [1.29, 1.82) is 0 Å². The summed E-state index contributed by atoms with van der Waals surface area (Å²) in [6, 6.07) is 15.3. The maximum atomic E-state index is 13.1.